The van der Waals surface area contributed by atoms with Gasteiger partial charge in [-0.15, -0.1) is 0 Å². The molecule has 118 valence electrons. The number of ketones is 1. The van der Waals surface area contributed by atoms with E-state index in [4.69, 9.17) is 4.98 Å². The Hall–Kier alpha value is -2.95. The van der Waals surface area contributed by atoms with Gasteiger partial charge in [-0.1, -0.05) is 18.2 Å². The second kappa shape index (κ2) is 5.03. The first-order chi connectivity index (χ1) is 11.8. The summed E-state index contributed by atoms with van der Waals surface area (Å²) in [5.41, 5.74) is 4.86. The predicted molar refractivity (Wildman–Crippen MR) is 91.6 cm³/mol. The molecule has 0 amide bonds. The van der Waals surface area contributed by atoms with Crippen molar-refractivity contribution >= 4 is 22.8 Å². The molecule has 0 fully saturated rings. The van der Waals surface area contributed by atoms with Crippen LogP contribution < -0.4 is 5.32 Å². The van der Waals surface area contributed by atoms with Gasteiger partial charge in [0, 0.05) is 30.1 Å². The number of carbonyl (C=O) groups is 1. The Morgan fingerprint density at radius 1 is 1.12 bits per heavy atom. The van der Waals surface area contributed by atoms with Crippen LogP contribution in [0.3, 0.4) is 0 Å². The third kappa shape index (κ3) is 1.84. The van der Waals surface area contributed by atoms with Crippen LogP contribution in [0.1, 0.15) is 30.9 Å². The molecule has 0 unspecified atom stereocenters. The maximum absolute atomic E-state index is 12.7. The lowest BCUT2D eigenvalue weighted by Gasteiger charge is -2.33. The summed E-state index contributed by atoms with van der Waals surface area (Å²) in [4.78, 5) is 21.7. The molecular weight excluding hydrogens is 300 g/mol. The largest absolute Gasteiger partial charge is 0.329 e. The van der Waals surface area contributed by atoms with E-state index < -0.39 is 0 Å². The van der Waals surface area contributed by atoms with E-state index in [2.05, 4.69) is 20.9 Å². The minimum atomic E-state index is -0.162. The van der Waals surface area contributed by atoms with Gasteiger partial charge in [0.05, 0.1) is 17.1 Å². The van der Waals surface area contributed by atoms with Gasteiger partial charge in [-0.2, -0.15) is 0 Å². The van der Waals surface area contributed by atoms with Crippen molar-refractivity contribution < 1.29 is 4.79 Å². The van der Waals surface area contributed by atoms with E-state index in [0.29, 0.717) is 6.42 Å². The zero-order chi connectivity index (χ0) is 16.1. The number of Topliss-reactive ketones (excluding diaryl/α,β-unsaturated/α-hetero) is 1. The highest BCUT2D eigenvalue weighted by molar-refractivity contribution is 6.00. The van der Waals surface area contributed by atoms with E-state index in [1.165, 1.54) is 0 Å². The molecule has 0 spiro atoms. The van der Waals surface area contributed by atoms with E-state index in [1.54, 1.807) is 6.20 Å². The normalized spacial score (nSPS) is 19.8. The number of pyridine rings is 1. The number of rotatable bonds is 1. The first-order valence-corrected chi connectivity index (χ1v) is 8.23. The fourth-order valence-corrected chi connectivity index (χ4v) is 3.82. The number of aromatic nitrogens is 3. The van der Waals surface area contributed by atoms with Crippen LogP contribution in [-0.2, 0) is 4.79 Å². The lowest BCUT2D eigenvalue weighted by atomic mass is 9.85. The SMILES string of the molecule is O=C1CCCC2=C1[C@H](c1cccnc1)n1c(nc3ccccc31)N2. The lowest BCUT2D eigenvalue weighted by molar-refractivity contribution is -0.116. The molecule has 2 aromatic heterocycles. The zero-order valence-corrected chi connectivity index (χ0v) is 13.1. The summed E-state index contributed by atoms with van der Waals surface area (Å²) in [6.07, 6.45) is 6.00. The topological polar surface area (TPSA) is 59.8 Å². The molecular formula is C19H16N4O. The molecule has 3 heterocycles. The molecule has 3 aromatic rings. The predicted octanol–water partition coefficient (Wildman–Crippen LogP) is 3.45. The minimum Gasteiger partial charge on any atom is -0.329 e. The summed E-state index contributed by atoms with van der Waals surface area (Å²) in [6.45, 7) is 0. The van der Waals surface area contributed by atoms with Crippen molar-refractivity contribution in [1.82, 2.24) is 14.5 Å². The standard InChI is InChI=1S/C19H16N4O/c24-16-9-3-7-14-17(16)18(12-5-4-10-20-11-12)23-15-8-2-1-6-13(15)21-19(23)22-14/h1-2,4-6,8,10-11,18H,3,7,9H2,(H,21,22)/t18-/m0/s1. The molecule has 0 saturated carbocycles. The van der Waals surface area contributed by atoms with Gasteiger partial charge in [0.25, 0.3) is 0 Å². The molecule has 0 bridgehead atoms. The lowest BCUT2D eigenvalue weighted by Crippen LogP contribution is -2.30. The Kier molecular flexibility index (Phi) is 2.82. The van der Waals surface area contributed by atoms with E-state index in [0.717, 1.165) is 46.7 Å². The molecule has 1 N–H and O–H groups in total. The molecule has 1 aliphatic carbocycles. The Morgan fingerprint density at radius 2 is 2.04 bits per heavy atom. The number of nitrogens with zero attached hydrogens (tertiary/aromatic N) is 3. The number of hydrogen-bond donors (Lipinski definition) is 1. The first kappa shape index (κ1) is 13.5. The highest BCUT2D eigenvalue weighted by Gasteiger charge is 2.36. The number of carbonyl (C=O) groups excluding carboxylic acids is 1. The molecule has 24 heavy (non-hydrogen) atoms. The Bertz CT molecular complexity index is 987. The fraction of sp³-hybridized carbons (Fsp3) is 0.211. The molecule has 2 aliphatic rings. The average Bonchev–Trinajstić information content (AvgIpc) is 2.99. The number of anilines is 1. The summed E-state index contributed by atoms with van der Waals surface area (Å²) < 4.78 is 2.13. The molecule has 5 heteroatoms. The van der Waals surface area contributed by atoms with E-state index in [-0.39, 0.29) is 11.8 Å². The second-order valence-electron chi connectivity index (χ2n) is 6.28. The van der Waals surface area contributed by atoms with Crippen LogP contribution in [-0.4, -0.2) is 20.3 Å². The van der Waals surface area contributed by atoms with E-state index in [9.17, 15) is 4.79 Å². The quantitative estimate of drug-likeness (QED) is 0.747. The number of fused-ring (bicyclic) bond motifs is 3. The Balaban J connectivity index is 1.83. The third-order valence-electron chi connectivity index (χ3n) is 4.85. The highest BCUT2D eigenvalue weighted by Crippen LogP contribution is 2.42. The van der Waals surface area contributed by atoms with Crippen molar-refractivity contribution in [2.24, 2.45) is 0 Å². The van der Waals surface area contributed by atoms with Crippen LogP contribution in [0, 0.1) is 0 Å². The smallest absolute Gasteiger partial charge is 0.209 e. The van der Waals surface area contributed by atoms with Crippen LogP contribution in [0.4, 0.5) is 5.95 Å². The molecule has 0 saturated heterocycles. The van der Waals surface area contributed by atoms with E-state index in [1.807, 2.05) is 36.5 Å². The van der Waals surface area contributed by atoms with Crippen LogP contribution in [0.2, 0.25) is 0 Å². The second-order valence-corrected chi connectivity index (χ2v) is 6.28. The van der Waals surface area contributed by atoms with Gasteiger partial charge in [0.15, 0.2) is 5.78 Å². The van der Waals surface area contributed by atoms with Crippen molar-refractivity contribution in [1.29, 1.82) is 0 Å². The van der Waals surface area contributed by atoms with Gasteiger partial charge in [0.1, 0.15) is 0 Å². The van der Waals surface area contributed by atoms with Gasteiger partial charge >= 0.3 is 0 Å². The van der Waals surface area contributed by atoms with Crippen molar-refractivity contribution in [2.75, 3.05) is 5.32 Å². The van der Waals surface area contributed by atoms with Crippen molar-refractivity contribution in [2.45, 2.75) is 25.3 Å². The summed E-state index contributed by atoms with van der Waals surface area (Å²) in [7, 11) is 0. The van der Waals surface area contributed by atoms with Crippen LogP contribution in [0.5, 0.6) is 0 Å². The summed E-state index contributed by atoms with van der Waals surface area (Å²) in [5, 5.41) is 3.41. The van der Waals surface area contributed by atoms with Gasteiger partial charge in [-0.3, -0.25) is 14.3 Å². The maximum atomic E-state index is 12.7. The summed E-state index contributed by atoms with van der Waals surface area (Å²) in [5.74, 6) is 1.03. The fourth-order valence-electron chi connectivity index (χ4n) is 3.82. The number of allylic oxidation sites excluding steroid dienone is 2. The molecule has 1 atom stereocenters. The van der Waals surface area contributed by atoms with Gasteiger partial charge < -0.3 is 5.32 Å². The van der Waals surface area contributed by atoms with Crippen molar-refractivity contribution in [3.8, 4) is 0 Å². The van der Waals surface area contributed by atoms with Crippen molar-refractivity contribution in [3.05, 3.63) is 65.6 Å². The molecule has 5 rings (SSSR count). The molecule has 5 nitrogen and oxygen atoms in total. The maximum Gasteiger partial charge on any atom is 0.209 e. The Labute approximate surface area is 139 Å². The van der Waals surface area contributed by atoms with Crippen molar-refractivity contribution in [3.63, 3.8) is 0 Å². The third-order valence-corrected chi connectivity index (χ3v) is 4.85. The average molecular weight is 316 g/mol. The number of hydrogen-bond acceptors (Lipinski definition) is 4. The number of benzene rings is 1. The monoisotopic (exact) mass is 316 g/mol. The van der Waals surface area contributed by atoms with Gasteiger partial charge in [-0.25, -0.2) is 4.98 Å². The molecule has 1 aromatic carbocycles. The van der Waals surface area contributed by atoms with Crippen LogP contribution >= 0.6 is 0 Å². The first-order valence-electron chi connectivity index (χ1n) is 8.23. The Morgan fingerprint density at radius 3 is 2.92 bits per heavy atom. The molecule has 1 aliphatic heterocycles. The number of nitrogens with one attached hydrogen (secondary N) is 1. The van der Waals surface area contributed by atoms with E-state index >= 15 is 0 Å². The highest BCUT2D eigenvalue weighted by atomic mass is 16.1. The number of imidazole rings is 1. The summed E-state index contributed by atoms with van der Waals surface area (Å²) in [6, 6.07) is 11.8. The van der Waals surface area contributed by atoms with Crippen LogP contribution in [0.15, 0.2) is 60.1 Å². The van der Waals surface area contributed by atoms with Gasteiger partial charge in [-0.05, 0) is 36.6 Å². The van der Waals surface area contributed by atoms with Crippen LogP contribution in [0.25, 0.3) is 11.0 Å². The number of para-hydroxylation sites is 2. The van der Waals surface area contributed by atoms with Gasteiger partial charge in [0.2, 0.25) is 5.95 Å². The summed E-state index contributed by atoms with van der Waals surface area (Å²) >= 11 is 0. The minimum absolute atomic E-state index is 0.162. The molecule has 0 radical (unpaired) electrons. The zero-order valence-electron chi connectivity index (χ0n) is 13.1.